The normalized spacial score (nSPS) is 22.1. The molecule has 2 amide bonds. The maximum atomic E-state index is 13.2. The van der Waals surface area contributed by atoms with Crippen LogP contribution in [0.25, 0.3) is 0 Å². The van der Waals surface area contributed by atoms with Gasteiger partial charge in [0.15, 0.2) is 0 Å². The lowest BCUT2D eigenvalue weighted by Gasteiger charge is -2.54. The number of carbonyl (C=O) groups is 2. The van der Waals surface area contributed by atoms with Gasteiger partial charge in [-0.25, -0.2) is 0 Å². The molecular weight excluding hydrogens is 264 g/mol. The SMILES string of the molecule is CCCC(C)N1C(=O)C(CC)(CC)NC(=O)C1(CC)CC. The summed E-state index contributed by atoms with van der Waals surface area (Å²) >= 11 is 0. The van der Waals surface area contributed by atoms with Gasteiger partial charge in [0.25, 0.3) is 0 Å². The molecule has 0 radical (unpaired) electrons. The quantitative estimate of drug-likeness (QED) is 0.784. The van der Waals surface area contributed by atoms with Crippen LogP contribution in [-0.2, 0) is 9.59 Å². The molecule has 1 fully saturated rings. The highest BCUT2D eigenvalue weighted by Crippen LogP contribution is 2.37. The molecule has 1 rings (SSSR count). The Morgan fingerprint density at radius 2 is 1.52 bits per heavy atom. The van der Waals surface area contributed by atoms with E-state index in [0.29, 0.717) is 25.7 Å². The minimum absolute atomic E-state index is 0.0266. The Morgan fingerprint density at radius 1 is 1.00 bits per heavy atom. The Balaban J connectivity index is 3.36. The monoisotopic (exact) mass is 296 g/mol. The van der Waals surface area contributed by atoms with Gasteiger partial charge in [0, 0.05) is 6.04 Å². The molecule has 1 aliphatic rings. The van der Waals surface area contributed by atoms with Crippen molar-refractivity contribution in [2.24, 2.45) is 0 Å². The standard InChI is InChI=1S/C17H32N2O2/c1-7-12-13(6)19-15(21)16(8-2,9-3)18-14(20)17(19,10-4)11-5/h13H,7-12H2,1-6H3,(H,18,20). The number of amides is 2. The van der Waals surface area contributed by atoms with Gasteiger partial charge >= 0.3 is 0 Å². The summed E-state index contributed by atoms with van der Waals surface area (Å²) in [5, 5.41) is 3.07. The van der Waals surface area contributed by atoms with Crippen LogP contribution in [0.15, 0.2) is 0 Å². The summed E-state index contributed by atoms with van der Waals surface area (Å²) in [6.45, 7) is 12.2. The highest BCUT2D eigenvalue weighted by atomic mass is 16.2. The van der Waals surface area contributed by atoms with E-state index < -0.39 is 11.1 Å². The van der Waals surface area contributed by atoms with Crippen molar-refractivity contribution < 1.29 is 9.59 Å². The van der Waals surface area contributed by atoms with Crippen LogP contribution in [0, 0.1) is 0 Å². The van der Waals surface area contributed by atoms with E-state index in [1.165, 1.54) is 0 Å². The molecule has 1 atom stereocenters. The molecule has 1 unspecified atom stereocenters. The number of rotatable bonds is 7. The fourth-order valence-corrected chi connectivity index (χ4v) is 3.73. The van der Waals surface area contributed by atoms with Crippen LogP contribution in [0.1, 0.15) is 80.1 Å². The number of hydrogen-bond donors (Lipinski definition) is 1. The average molecular weight is 296 g/mol. The lowest BCUT2D eigenvalue weighted by atomic mass is 9.78. The third-order valence-electron chi connectivity index (χ3n) is 5.39. The summed E-state index contributed by atoms with van der Waals surface area (Å²) in [4.78, 5) is 28.0. The number of nitrogens with one attached hydrogen (secondary N) is 1. The van der Waals surface area contributed by atoms with Gasteiger partial charge in [-0.05, 0) is 39.0 Å². The van der Waals surface area contributed by atoms with Crippen LogP contribution in [0.4, 0.5) is 0 Å². The predicted molar refractivity (Wildman–Crippen MR) is 86.0 cm³/mol. The second-order valence-corrected chi connectivity index (χ2v) is 6.29. The molecule has 0 aromatic carbocycles. The molecule has 0 aromatic rings. The van der Waals surface area contributed by atoms with E-state index >= 15 is 0 Å². The number of hydrogen-bond acceptors (Lipinski definition) is 2. The van der Waals surface area contributed by atoms with E-state index in [2.05, 4.69) is 19.2 Å². The van der Waals surface area contributed by atoms with Gasteiger partial charge in [-0.15, -0.1) is 0 Å². The first-order chi connectivity index (χ1) is 9.88. The van der Waals surface area contributed by atoms with Crippen LogP contribution in [-0.4, -0.2) is 33.8 Å². The second-order valence-electron chi connectivity index (χ2n) is 6.29. The maximum Gasteiger partial charge on any atom is 0.249 e. The summed E-state index contributed by atoms with van der Waals surface area (Å²) in [7, 11) is 0. The minimum Gasteiger partial charge on any atom is -0.340 e. The predicted octanol–water partition coefficient (Wildman–Crippen LogP) is 3.25. The van der Waals surface area contributed by atoms with Crippen molar-refractivity contribution in [3.63, 3.8) is 0 Å². The smallest absolute Gasteiger partial charge is 0.249 e. The second kappa shape index (κ2) is 6.80. The Hall–Kier alpha value is -1.06. The van der Waals surface area contributed by atoms with E-state index in [0.717, 1.165) is 12.8 Å². The molecule has 0 spiro atoms. The summed E-state index contributed by atoms with van der Waals surface area (Å²) in [6.07, 6.45) is 4.57. The van der Waals surface area contributed by atoms with Crippen molar-refractivity contribution >= 4 is 11.8 Å². The van der Waals surface area contributed by atoms with Gasteiger partial charge in [-0.3, -0.25) is 9.59 Å². The Kier molecular flexibility index (Phi) is 5.83. The van der Waals surface area contributed by atoms with Crippen LogP contribution < -0.4 is 5.32 Å². The first kappa shape index (κ1) is 18.0. The number of nitrogens with zero attached hydrogens (tertiary/aromatic N) is 1. The first-order valence-corrected chi connectivity index (χ1v) is 8.55. The highest BCUT2D eigenvalue weighted by Gasteiger charge is 2.56. The molecule has 0 bridgehead atoms. The van der Waals surface area contributed by atoms with Gasteiger partial charge < -0.3 is 10.2 Å². The van der Waals surface area contributed by atoms with Gasteiger partial charge in [0.1, 0.15) is 11.1 Å². The lowest BCUT2D eigenvalue weighted by Crippen LogP contribution is -2.76. The molecule has 4 heteroatoms. The van der Waals surface area contributed by atoms with Crippen LogP contribution in [0.2, 0.25) is 0 Å². The lowest BCUT2D eigenvalue weighted by molar-refractivity contribution is -0.168. The summed E-state index contributed by atoms with van der Waals surface area (Å²) < 4.78 is 0. The summed E-state index contributed by atoms with van der Waals surface area (Å²) in [5.41, 5.74) is -1.40. The summed E-state index contributed by atoms with van der Waals surface area (Å²) in [5.74, 6) is 0.135. The molecule has 1 heterocycles. The van der Waals surface area contributed by atoms with Crippen LogP contribution in [0.5, 0.6) is 0 Å². The van der Waals surface area contributed by atoms with Crippen LogP contribution >= 0.6 is 0 Å². The fourth-order valence-electron chi connectivity index (χ4n) is 3.73. The number of piperazine rings is 1. The van der Waals surface area contributed by atoms with Crippen LogP contribution in [0.3, 0.4) is 0 Å². The van der Waals surface area contributed by atoms with Gasteiger partial charge in [-0.1, -0.05) is 41.0 Å². The van der Waals surface area contributed by atoms with Gasteiger partial charge in [0.05, 0.1) is 0 Å². The molecule has 21 heavy (non-hydrogen) atoms. The maximum absolute atomic E-state index is 13.2. The zero-order chi connectivity index (χ0) is 16.3. The Labute approximate surface area is 129 Å². The molecule has 0 aromatic heterocycles. The minimum atomic E-state index is -0.715. The third kappa shape index (κ3) is 2.69. The topological polar surface area (TPSA) is 49.4 Å². The van der Waals surface area contributed by atoms with Crippen molar-refractivity contribution in [2.45, 2.75) is 97.2 Å². The average Bonchev–Trinajstić information content (AvgIpc) is 2.49. The van der Waals surface area contributed by atoms with Crippen molar-refractivity contribution in [3.8, 4) is 0 Å². The molecule has 1 saturated heterocycles. The molecule has 1 N–H and O–H groups in total. The van der Waals surface area contributed by atoms with Gasteiger partial charge in [-0.2, -0.15) is 0 Å². The molecule has 122 valence electrons. The van der Waals surface area contributed by atoms with Gasteiger partial charge in [0.2, 0.25) is 11.8 Å². The Bertz CT molecular complexity index is 384. The number of carbonyl (C=O) groups excluding carboxylic acids is 2. The molecule has 0 saturated carbocycles. The van der Waals surface area contributed by atoms with E-state index in [9.17, 15) is 9.59 Å². The molecule has 4 nitrogen and oxygen atoms in total. The van der Waals surface area contributed by atoms with Crippen molar-refractivity contribution in [1.29, 1.82) is 0 Å². The molecule has 1 aliphatic heterocycles. The van der Waals surface area contributed by atoms with Crippen molar-refractivity contribution in [2.75, 3.05) is 0 Å². The largest absolute Gasteiger partial charge is 0.340 e. The highest BCUT2D eigenvalue weighted by molar-refractivity contribution is 6.02. The van der Waals surface area contributed by atoms with E-state index in [-0.39, 0.29) is 17.9 Å². The van der Waals surface area contributed by atoms with E-state index in [4.69, 9.17) is 0 Å². The Morgan fingerprint density at radius 3 is 1.90 bits per heavy atom. The first-order valence-electron chi connectivity index (χ1n) is 8.55. The van der Waals surface area contributed by atoms with E-state index in [1.54, 1.807) is 0 Å². The van der Waals surface area contributed by atoms with Crippen molar-refractivity contribution in [3.05, 3.63) is 0 Å². The van der Waals surface area contributed by atoms with Crippen molar-refractivity contribution in [1.82, 2.24) is 10.2 Å². The third-order valence-corrected chi connectivity index (χ3v) is 5.39. The zero-order valence-electron chi connectivity index (χ0n) is 14.6. The molecular formula is C17H32N2O2. The zero-order valence-corrected chi connectivity index (χ0v) is 14.6. The fraction of sp³-hybridized carbons (Fsp3) is 0.882. The van der Waals surface area contributed by atoms with E-state index in [1.807, 2.05) is 32.6 Å². The molecule has 0 aliphatic carbocycles. The summed E-state index contributed by atoms with van der Waals surface area (Å²) in [6, 6.07) is 0.103.